The van der Waals surface area contributed by atoms with E-state index in [1.165, 1.54) is 0 Å². The van der Waals surface area contributed by atoms with Gasteiger partial charge in [-0.15, -0.1) is 0 Å². The van der Waals surface area contributed by atoms with Crippen molar-refractivity contribution in [1.29, 1.82) is 0 Å². The van der Waals surface area contributed by atoms with E-state index in [1.54, 1.807) is 39.1 Å². The number of amides is 1. The molecule has 5 nitrogen and oxygen atoms in total. The quantitative estimate of drug-likeness (QED) is 0.831. The topological polar surface area (TPSA) is 60.5 Å². The Morgan fingerprint density at radius 2 is 1.87 bits per heavy atom. The minimum atomic E-state index is -0.544. The van der Waals surface area contributed by atoms with Gasteiger partial charge in [0.15, 0.2) is 0 Å². The summed E-state index contributed by atoms with van der Waals surface area (Å²) in [5, 5.41) is 2.57. The van der Waals surface area contributed by atoms with Gasteiger partial charge in [-0.1, -0.05) is 28.1 Å². The molecule has 2 rings (SSSR count). The lowest BCUT2D eigenvalue weighted by molar-refractivity contribution is 0.0635. The number of nitrogens with zero attached hydrogens (tertiary/aromatic N) is 1. The van der Waals surface area contributed by atoms with E-state index in [2.05, 4.69) is 26.2 Å². The molecule has 0 radical (unpaired) electrons. The van der Waals surface area contributed by atoms with Crippen LogP contribution < -0.4 is 10.1 Å². The van der Waals surface area contributed by atoms with Crippen molar-refractivity contribution in [3.63, 3.8) is 0 Å². The summed E-state index contributed by atoms with van der Waals surface area (Å²) in [6.07, 6.45) is 1.03. The van der Waals surface area contributed by atoms with Crippen LogP contribution in [0, 0.1) is 0 Å². The van der Waals surface area contributed by atoms with Gasteiger partial charge in [0.1, 0.15) is 23.8 Å². The van der Waals surface area contributed by atoms with Crippen LogP contribution in [0.3, 0.4) is 0 Å². The van der Waals surface area contributed by atoms with Crippen molar-refractivity contribution in [2.75, 3.05) is 5.32 Å². The van der Waals surface area contributed by atoms with Crippen molar-refractivity contribution in [2.24, 2.45) is 0 Å². The molecule has 0 spiro atoms. The van der Waals surface area contributed by atoms with Crippen molar-refractivity contribution < 1.29 is 14.3 Å². The second kappa shape index (κ2) is 7.46. The van der Waals surface area contributed by atoms with Crippen molar-refractivity contribution >= 4 is 27.8 Å². The summed E-state index contributed by atoms with van der Waals surface area (Å²) in [7, 11) is 0. The average molecular weight is 379 g/mol. The normalized spacial score (nSPS) is 11.0. The number of benzene rings is 1. The van der Waals surface area contributed by atoms with Crippen LogP contribution in [0.5, 0.6) is 5.75 Å². The van der Waals surface area contributed by atoms with E-state index in [1.807, 2.05) is 24.3 Å². The molecular weight excluding hydrogens is 360 g/mol. The number of aromatic nitrogens is 1. The predicted molar refractivity (Wildman–Crippen MR) is 92.6 cm³/mol. The molecule has 0 aliphatic rings. The second-order valence-electron chi connectivity index (χ2n) is 5.92. The van der Waals surface area contributed by atoms with Gasteiger partial charge >= 0.3 is 6.09 Å². The number of halogens is 1. The maximum Gasteiger partial charge on any atom is 0.413 e. The lowest BCUT2D eigenvalue weighted by Gasteiger charge is -2.19. The number of carbonyl (C=O) groups is 1. The zero-order valence-corrected chi connectivity index (χ0v) is 14.9. The van der Waals surface area contributed by atoms with Crippen molar-refractivity contribution in [2.45, 2.75) is 33.0 Å². The maximum absolute atomic E-state index is 11.6. The molecule has 0 atom stereocenters. The summed E-state index contributed by atoms with van der Waals surface area (Å²) in [4.78, 5) is 15.8. The van der Waals surface area contributed by atoms with Crippen LogP contribution >= 0.6 is 15.9 Å². The molecule has 0 unspecified atom stereocenters. The fraction of sp³-hybridized carbons (Fsp3) is 0.294. The monoisotopic (exact) mass is 378 g/mol. The molecule has 0 bridgehead atoms. The summed E-state index contributed by atoms with van der Waals surface area (Å²) in [5.74, 6) is 1.04. The first kappa shape index (κ1) is 17.3. The van der Waals surface area contributed by atoms with Crippen LogP contribution in [0.2, 0.25) is 0 Å². The van der Waals surface area contributed by atoms with E-state index >= 15 is 0 Å². The van der Waals surface area contributed by atoms with Gasteiger partial charge in [-0.3, -0.25) is 5.32 Å². The largest absolute Gasteiger partial charge is 0.487 e. The van der Waals surface area contributed by atoms with Crippen LogP contribution in [-0.4, -0.2) is 16.7 Å². The van der Waals surface area contributed by atoms with Crippen LogP contribution in [-0.2, 0) is 11.3 Å². The first-order valence-corrected chi connectivity index (χ1v) is 7.94. The van der Waals surface area contributed by atoms with Gasteiger partial charge in [-0.2, -0.15) is 0 Å². The van der Waals surface area contributed by atoms with E-state index in [-0.39, 0.29) is 0 Å². The van der Waals surface area contributed by atoms with E-state index in [0.717, 1.165) is 10.0 Å². The molecule has 1 aromatic carbocycles. The SMILES string of the molecule is CC(C)(C)OC(=O)Nc1ccc(OCc2ccc(Br)cc2)cn1. The summed E-state index contributed by atoms with van der Waals surface area (Å²) < 4.78 is 11.8. The van der Waals surface area contributed by atoms with Gasteiger partial charge in [0.25, 0.3) is 0 Å². The van der Waals surface area contributed by atoms with Gasteiger partial charge in [-0.05, 0) is 50.6 Å². The van der Waals surface area contributed by atoms with Crippen molar-refractivity contribution in [3.8, 4) is 5.75 Å². The lowest BCUT2D eigenvalue weighted by atomic mass is 10.2. The Balaban J connectivity index is 1.87. The molecule has 1 N–H and O–H groups in total. The van der Waals surface area contributed by atoms with Crippen molar-refractivity contribution in [3.05, 3.63) is 52.6 Å². The minimum absolute atomic E-state index is 0.412. The molecule has 0 aliphatic heterocycles. The molecular formula is C17H19BrN2O3. The molecule has 1 aromatic heterocycles. The number of ether oxygens (including phenoxy) is 2. The Morgan fingerprint density at radius 1 is 1.17 bits per heavy atom. The highest BCUT2D eigenvalue weighted by molar-refractivity contribution is 9.10. The third kappa shape index (κ3) is 6.28. The number of anilines is 1. The third-order valence-electron chi connectivity index (χ3n) is 2.68. The van der Waals surface area contributed by atoms with Gasteiger partial charge in [0.2, 0.25) is 0 Å². The lowest BCUT2D eigenvalue weighted by Crippen LogP contribution is -2.27. The van der Waals surface area contributed by atoms with Crippen LogP contribution in [0.25, 0.3) is 0 Å². The predicted octanol–water partition coefficient (Wildman–Crippen LogP) is 4.77. The van der Waals surface area contributed by atoms with E-state index in [4.69, 9.17) is 9.47 Å². The Labute approximate surface area is 144 Å². The molecule has 1 amide bonds. The van der Waals surface area contributed by atoms with Crippen LogP contribution in [0.4, 0.5) is 10.6 Å². The molecule has 0 saturated heterocycles. The first-order chi connectivity index (χ1) is 10.8. The van der Waals surface area contributed by atoms with Crippen LogP contribution in [0.1, 0.15) is 26.3 Å². The Morgan fingerprint density at radius 3 is 2.43 bits per heavy atom. The van der Waals surface area contributed by atoms with E-state index in [9.17, 15) is 4.79 Å². The number of hydrogen-bond donors (Lipinski definition) is 1. The molecule has 6 heteroatoms. The standard InChI is InChI=1S/C17H19BrN2O3/c1-17(2,3)23-16(21)20-15-9-8-14(10-19-15)22-11-12-4-6-13(18)7-5-12/h4-10H,11H2,1-3H3,(H,19,20,21). The molecule has 23 heavy (non-hydrogen) atoms. The van der Waals surface area contributed by atoms with Gasteiger partial charge in [0, 0.05) is 4.47 Å². The molecule has 0 aliphatic carbocycles. The Bertz CT molecular complexity index is 649. The highest BCUT2D eigenvalue weighted by Crippen LogP contribution is 2.16. The summed E-state index contributed by atoms with van der Waals surface area (Å²) in [6.45, 7) is 5.87. The number of pyridine rings is 1. The van der Waals surface area contributed by atoms with Gasteiger partial charge in [0.05, 0.1) is 6.20 Å². The first-order valence-electron chi connectivity index (χ1n) is 7.15. The van der Waals surface area contributed by atoms with Crippen molar-refractivity contribution in [1.82, 2.24) is 4.98 Å². The van der Waals surface area contributed by atoms with E-state index < -0.39 is 11.7 Å². The number of hydrogen-bond acceptors (Lipinski definition) is 4. The molecule has 1 heterocycles. The molecule has 0 saturated carbocycles. The fourth-order valence-electron chi connectivity index (χ4n) is 1.70. The van der Waals surface area contributed by atoms with E-state index in [0.29, 0.717) is 18.2 Å². The number of nitrogens with one attached hydrogen (secondary N) is 1. The Kier molecular flexibility index (Phi) is 5.60. The highest BCUT2D eigenvalue weighted by atomic mass is 79.9. The summed E-state index contributed by atoms with van der Waals surface area (Å²) >= 11 is 3.39. The van der Waals surface area contributed by atoms with Gasteiger partial charge in [-0.25, -0.2) is 9.78 Å². The van der Waals surface area contributed by atoms with Crippen LogP contribution in [0.15, 0.2) is 47.1 Å². The zero-order valence-electron chi connectivity index (χ0n) is 13.3. The number of carbonyl (C=O) groups excluding carboxylic acids is 1. The molecule has 0 fully saturated rings. The minimum Gasteiger partial charge on any atom is -0.487 e. The summed E-state index contributed by atoms with van der Waals surface area (Å²) in [6, 6.07) is 11.3. The average Bonchev–Trinajstić information content (AvgIpc) is 2.46. The van der Waals surface area contributed by atoms with Gasteiger partial charge < -0.3 is 9.47 Å². The maximum atomic E-state index is 11.6. The summed E-state index contributed by atoms with van der Waals surface area (Å²) in [5.41, 5.74) is 0.516. The number of rotatable bonds is 4. The fourth-order valence-corrected chi connectivity index (χ4v) is 1.96. The highest BCUT2D eigenvalue weighted by Gasteiger charge is 2.16. The molecule has 2 aromatic rings. The smallest absolute Gasteiger partial charge is 0.413 e. The Hall–Kier alpha value is -2.08. The molecule has 122 valence electrons. The zero-order chi connectivity index (χ0) is 16.9. The third-order valence-corrected chi connectivity index (χ3v) is 3.21. The second-order valence-corrected chi connectivity index (χ2v) is 6.84.